The van der Waals surface area contributed by atoms with Gasteiger partial charge in [0.2, 0.25) is 0 Å². The quantitative estimate of drug-likeness (QED) is 0.900. The van der Waals surface area contributed by atoms with Gasteiger partial charge in [0.25, 0.3) is 0 Å². The summed E-state index contributed by atoms with van der Waals surface area (Å²) in [5.41, 5.74) is -1.33. The van der Waals surface area contributed by atoms with Crippen molar-refractivity contribution in [2.75, 3.05) is 0 Å². The zero-order chi connectivity index (χ0) is 13.8. The summed E-state index contributed by atoms with van der Waals surface area (Å²) >= 11 is 1.51. The van der Waals surface area contributed by atoms with E-state index in [-0.39, 0.29) is 11.4 Å². The summed E-state index contributed by atoms with van der Waals surface area (Å²) in [7, 11) is 0. The Morgan fingerprint density at radius 2 is 2.11 bits per heavy atom. The number of hydrogen-bond acceptors (Lipinski definition) is 4. The Bertz CT molecular complexity index is 398. The molecule has 0 fully saturated rings. The van der Waals surface area contributed by atoms with Crippen LogP contribution in [0.15, 0.2) is 6.20 Å². The fourth-order valence-corrected chi connectivity index (χ4v) is 2.02. The summed E-state index contributed by atoms with van der Waals surface area (Å²) in [6.45, 7) is 3.29. The molecule has 0 bridgehead atoms. The molecule has 1 heterocycles. The molecule has 0 aliphatic rings. The number of alkyl halides is 3. The number of aromatic nitrogens is 2. The summed E-state index contributed by atoms with van der Waals surface area (Å²) in [4.78, 5) is 7.34. The summed E-state index contributed by atoms with van der Waals surface area (Å²) in [5, 5.41) is 9.19. The monoisotopic (exact) mass is 280 g/mol. The van der Waals surface area contributed by atoms with Gasteiger partial charge in [-0.1, -0.05) is 13.8 Å². The van der Waals surface area contributed by atoms with Crippen LogP contribution in [-0.4, -0.2) is 20.3 Å². The predicted molar refractivity (Wildman–Crippen MR) is 64.0 cm³/mol. The van der Waals surface area contributed by atoms with E-state index in [1.165, 1.54) is 11.8 Å². The minimum absolute atomic E-state index is 0.143. The first-order valence-corrected chi connectivity index (χ1v) is 6.57. The van der Waals surface area contributed by atoms with Gasteiger partial charge in [0.15, 0.2) is 5.69 Å². The van der Waals surface area contributed by atoms with Crippen LogP contribution < -0.4 is 0 Å². The molecule has 1 rings (SSSR count). The van der Waals surface area contributed by atoms with E-state index in [1.54, 1.807) is 0 Å². The molecule has 1 atom stereocenters. The van der Waals surface area contributed by atoms with Crippen LogP contribution in [-0.2, 0) is 18.5 Å². The van der Waals surface area contributed by atoms with Crippen molar-refractivity contribution in [3.63, 3.8) is 0 Å². The highest BCUT2D eigenvalue weighted by Crippen LogP contribution is 2.30. The highest BCUT2D eigenvalue weighted by Gasteiger charge is 2.35. The van der Waals surface area contributed by atoms with Gasteiger partial charge >= 0.3 is 6.18 Å². The number of thioether (sulfide) groups is 1. The molecule has 102 valence electrons. The zero-order valence-corrected chi connectivity index (χ0v) is 11.0. The van der Waals surface area contributed by atoms with Crippen LogP contribution in [0.4, 0.5) is 13.2 Å². The molecule has 1 aromatic rings. The van der Waals surface area contributed by atoms with Crippen molar-refractivity contribution in [1.82, 2.24) is 9.97 Å². The number of aliphatic hydroxyl groups excluding tert-OH is 1. The largest absolute Gasteiger partial charge is 0.433 e. The average molecular weight is 280 g/mol. The van der Waals surface area contributed by atoms with Crippen molar-refractivity contribution in [2.45, 2.75) is 44.1 Å². The van der Waals surface area contributed by atoms with Crippen molar-refractivity contribution >= 4 is 11.8 Å². The Hall–Kier alpha value is -0.820. The minimum Gasteiger partial charge on any atom is -0.392 e. The van der Waals surface area contributed by atoms with Crippen LogP contribution in [0.2, 0.25) is 0 Å². The molecular weight excluding hydrogens is 265 g/mol. The predicted octanol–water partition coefficient (Wildman–Crippen LogP) is 3.02. The van der Waals surface area contributed by atoms with Crippen LogP contribution in [0.5, 0.6) is 0 Å². The van der Waals surface area contributed by atoms with Gasteiger partial charge in [-0.25, -0.2) is 9.97 Å². The van der Waals surface area contributed by atoms with Crippen LogP contribution in [0, 0.1) is 0 Å². The van der Waals surface area contributed by atoms with Gasteiger partial charge in [0, 0.05) is 17.0 Å². The Labute approximate surface area is 108 Å². The number of hydrogen-bond donors (Lipinski definition) is 1. The maximum Gasteiger partial charge on any atom is 0.433 e. The fraction of sp³-hybridized carbons (Fsp3) is 0.636. The Morgan fingerprint density at radius 3 is 2.61 bits per heavy atom. The molecule has 18 heavy (non-hydrogen) atoms. The van der Waals surface area contributed by atoms with Crippen molar-refractivity contribution in [1.29, 1.82) is 0 Å². The molecule has 7 heteroatoms. The molecular formula is C11H15F3N2OS. The summed E-state index contributed by atoms with van der Waals surface area (Å²) in [6, 6.07) is 0. The van der Waals surface area contributed by atoms with Gasteiger partial charge in [0.05, 0.1) is 12.4 Å². The standard InChI is InChI=1S/C11H15F3N2OS/c1-3-7(2)18-6-9-15-4-8(5-17)10(16-9)11(12,13)14/h4,7,17H,3,5-6H2,1-2H3. The normalized spacial score (nSPS) is 13.7. The maximum atomic E-state index is 12.7. The van der Waals surface area contributed by atoms with E-state index >= 15 is 0 Å². The lowest BCUT2D eigenvalue weighted by atomic mass is 10.2. The second kappa shape index (κ2) is 6.38. The highest BCUT2D eigenvalue weighted by molar-refractivity contribution is 7.99. The molecule has 0 radical (unpaired) electrons. The van der Waals surface area contributed by atoms with Crippen LogP contribution in [0.3, 0.4) is 0 Å². The fourth-order valence-electron chi connectivity index (χ4n) is 1.21. The summed E-state index contributed by atoms with van der Waals surface area (Å²) in [6.07, 6.45) is -2.58. The molecule has 1 unspecified atom stereocenters. The van der Waals surface area contributed by atoms with Crippen LogP contribution in [0.1, 0.15) is 37.4 Å². The maximum absolute atomic E-state index is 12.7. The molecule has 0 saturated carbocycles. The number of aliphatic hydroxyl groups is 1. The van der Waals surface area contributed by atoms with E-state index < -0.39 is 18.5 Å². The van der Waals surface area contributed by atoms with E-state index in [9.17, 15) is 13.2 Å². The minimum atomic E-state index is -4.56. The molecule has 0 aliphatic heterocycles. The molecule has 1 N–H and O–H groups in total. The van der Waals surface area contributed by atoms with E-state index in [4.69, 9.17) is 5.11 Å². The lowest BCUT2D eigenvalue weighted by Gasteiger charge is -2.12. The average Bonchev–Trinajstić information content (AvgIpc) is 2.34. The molecule has 0 aromatic carbocycles. The van der Waals surface area contributed by atoms with E-state index in [1.807, 2.05) is 13.8 Å². The first kappa shape index (κ1) is 15.2. The zero-order valence-electron chi connectivity index (χ0n) is 10.2. The van der Waals surface area contributed by atoms with E-state index in [0.29, 0.717) is 11.0 Å². The second-order valence-electron chi connectivity index (χ2n) is 3.85. The molecule has 3 nitrogen and oxygen atoms in total. The van der Waals surface area contributed by atoms with Gasteiger partial charge in [-0.15, -0.1) is 0 Å². The molecule has 0 aliphatic carbocycles. The topological polar surface area (TPSA) is 46.0 Å². The van der Waals surface area contributed by atoms with Gasteiger partial charge in [-0.3, -0.25) is 0 Å². The molecule has 1 aromatic heterocycles. The number of rotatable bonds is 5. The van der Waals surface area contributed by atoms with Crippen molar-refractivity contribution < 1.29 is 18.3 Å². The lowest BCUT2D eigenvalue weighted by molar-refractivity contribution is -0.142. The lowest BCUT2D eigenvalue weighted by Crippen LogP contribution is -2.14. The third kappa shape index (κ3) is 4.13. The van der Waals surface area contributed by atoms with E-state index in [2.05, 4.69) is 9.97 Å². The third-order valence-electron chi connectivity index (χ3n) is 2.43. The Kier molecular flexibility index (Phi) is 5.40. The van der Waals surface area contributed by atoms with Gasteiger partial charge in [0.1, 0.15) is 5.82 Å². The highest BCUT2D eigenvalue weighted by atomic mass is 32.2. The molecule has 0 saturated heterocycles. The van der Waals surface area contributed by atoms with Gasteiger partial charge < -0.3 is 5.11 Å². The number of nitrogens with zero attached hydrogens (tertiary/aromatic N) is 2. The van der Waals surface area contributed by atoms with Crippen molar-refractivity contribution in [2.24, 2.45) is 0 Å². The van der Waals surface area contributed by atoms with Gasteiger partial charge in [-0.2, -0.15) is 24.9 Å². The summed E-state index contributed by atoms with van der Waals surface area (Å²) < 4.78 is 38.0. The summed E-state index contributed by atoms with van der Waals surface area (Å²) in [5.74, 6) is 0.480. The van der Waals surface area contributed by atoms with E-state index in [0.717, 1.165) is 12.6 Å². The van der Waals surface area contributed by atoms with Crippen molar-refractivity contribution in [3.05, 3.63) is 23.3 Å². The van der Waals surface area contributed by atoms with Crippen LogP contribution >= 0.6 is 11.8 Å². The van der Waals surface area contributed by atoms with Crippen molar-refractivity contribution in [3.8, 4) is 0 Å². The third-order valence-corrected chi connectivity index (χ3v) is 3.75. The number of halogens is 3. The first-order valence-electron chi connectivity index (χ1n) is 5.53. The second-order valence-corrected chi connectivity index (χ2v) is 5.27. The van der Waals surface area contributed by atoms with Crippen LogP contribution in [0.25, 0.3) is 0 Å². The van der Waals surface area contributed by atoms with Gasteiger partial charge in [-0.05, 0) is 6.42 Å². The molecule has 0 amide bonds. The Balaban J connectivity index is 2.90. The SMILES string of the molecule is CCC(C)SCc1ncc(CO)c(C(F)(F)F)n1. The molecule has 0 spiro atoms. The Morgan fingerprint density at radius 1 is 1.44 bits per heavy atom. The smallest absolute Gasteiger partial charge is 0.392 e. The first-order chi connectivity index (χ1) is 8.38.